The number of carbonyl (C=O) groups is 3. The van der Waals surface area contributed by atoms with E-state index in [-0.39, 0.29) is 36.5 Å². The summed E-state index contributed by atoms with van der Waals surface area (Å²) in [4.78, 5) is 49.1. The number of fused-ring (bicyclic) bond motifs is 3. The second kappa shape index (κ2) is 13.6. The summed E-state index contributed by atoms with van der Waals surface area (Å²) in [6.07, 6.45) is 11.0. The van der Waals surface area contributed by atoms with Crippen LogP contribution in [0.15, 0.2) is 66.7 Å². The molecule has 5 atom stereocenters. The molecule has 7 rings (SSSR count). The molecule has 0 bridgehead atoms. The summed E-state index contributed by atoms with van der Waals surface area (Å²) >= 11 is 1.44. The number of ketones is 1. The number of amides is 2. The number of hydrogen-bond donors (Lipinski definition) is 1. The number of nitrogens with zero attached hydrogens (tertiary/aromatic N) is 2. The van der Waals surface area contributed by atoms with Crippen molar-refractivity contribution in [2.24, 2.45) is 17.3 Å². The lowest BCUT2D eigenvalue weighted by molar-refractivity contribution is -0.142. The molecule has 2 aromatic carbocycles. The molecular weight excluding hydrogens is 659 g/mol. The average Bonchev–Trinajstić information content (AvgIpc) is 3.89. The maximum Gasteiger partial charge on any atom is 0.274 e. The number of thiazole rings is 1. The molecule has 9 nitrogen and oxygen atoms in total. The molecule has 11 heteroatoms. The lowest BCUT2D eigenvalue weighted by Crippen LogP contribution is -2.47. The number of benzene rings is 2. The Morgan fingerprint density at radius 3 is 2.61 bits per heavy atom. The molecule has 260 valence electrons. The molecule has 0 radical (unpaired) electrons. The van der Waals surface area contributed by atoms with Crippen LogP contribution in [0.1, 0.15) is 83.1 Å². The molecule has 0 unspecified atom stereocenters. The molecule has 3 fully saturated rings. The molecule has 3 heterocycles. The van der Waals surface area contributed by atoms with Gasteiger partial charge in [-0.1, -0.05) is 78.8 Å². The van der Waals surface area contributed by atoms with Gasteiger partial charge in [-0.25, -0.2) is 13.4 Å². The molecule has 2 aliphatic carbocycles. The Morgan fingerprint density at radius 2 is 1.84 bits per heavy atom. The third kappa shape index (κ3) is 7.20. The monoisotopic (exact) mass is 703 g/mol. The lowest BCUT2D eigenvalue weighted by Gasteiger charge is -2.29. The van der Waals surface area contributed by atoms with Gasteiger partial charge in [0.05, 0.1) is 33.0 Å². The molecule has 1 N–H and O–H groups in total. The van der Waals surface area contributed by atoms with Crippen LogP contribution in [-0.4, -0.2) is 59.3 Å². The van der Waals surface area contributed by atoms with Crippen molar-refractivity contribution in [2.75, 3.05) is 6.54 Å². The number of Topliss-reactive ketones (excluding diaryl/α,β-unsaturated/α-hetero) is 1. The highest BCUT2D eigenvalue weighted by molar-refractivity contribution is 7.91. The smallest absolute Gasteiger partial charge is 0.274 e. The molecule has 4 aliphatic rings. The zero-order valence-corrected chi connectivity index (χ0v) is 29.6. The van der Waals surface area contributed by atoms with E-state index in [1.54, 1.807) is 11.8 Å². The van der Waals surface area contributed by atoms with Gasteiger partial charge in [-0.15, -0.1) is 0 Å². The number of hydrogen-bond acceptors (Lipinski definition) is 8. The van der Waals surface area contributed by atoms with Gasteiger partial charge in [-0.05, 0) is 81.9 Å². The van der Waals surface area contributed by atoms with Crippen LogP contribution in [-0.2, 0) is 30.8 Å². The van der Waals surface area contributed by atoms with Gasteiger partial charge >= 0.3 is 0 Å². The van der Waals surface area contributed by atoms with E-state index in [9.17, 15) is 22.8 Å². The van der Waals surface area contributed by atoms with Gasteiger partial charge in [-0.2, -0.15) is 0 Å². The van der Waals surface area contributed by atoms with Crippen LogP contribution in [0.2, 0.25) is 0 Å². The topological polar surface area (TPSA) is 123 Å². The summed E-state index contributed by atoms with van der Waals surface area (Å²) in [6, 6.07) is 17.2. The standard InChI is InChI=1S/C38H45N3O6S2/c1-37(20-21-37)49(45,46)40-35(44)38-23-28(38)15-9-4-2-3-8-14-27(19-18-26-12-6-5-7-13-26)34(43)41-25-29(22-31(41)32(42)24-38)47-36-39-30-16-10-11-17-33(30)48-36/h5-7,9-13,15-17,27-29,31H,2-4,8,14,18-25H2,1H3,(H,40,44)/b15-9-/t27-,28+,29-,31+,38-/m1/s1. The summed E-state index contributed by atoms with van der Waals surface area (Å²) in [6.45, 7) is 1.90. The number of sulfonamides is 1. The van der Waals surface area contributed by atoms with Gasteiger partial charge in [0.1, 0.15) is 6.10 Å². The Bertz CT molecular complexity index is 1820. The lowest BCUT2D eigenvalue weighted by atomic mass is 9.90. The van der Waals surface area contributed by atoms with E-state index < -0.39 is 38.2 Å². The molecule has 2 saturated carbocycles. The van der Waals surface area contributed by atoms with Crippen molar-refractivity contribution in [1.29, 1.82) is 0 Å². The van der Waals surface area contributed by atoms with Crippen molar-refractivity contribution < 1.29 is 27.5 Å². The highest BCUT2D eigenvalue weighted by Gasteiger charge is 2.62. The van der Waals surface area contributed by atoms with E-state index in [0.29, 0.717) is 37.3 Å². The van der Waals surface area contributed by atoms with E-state index in [0.717, 1.165) is 48.7 Å². The summed E-state index contributed by atoms with van der Waals surface area (Å²) in [5, 5.41) is 0.497. The normalized spacial score (nSPS) is 29.3. The Balaban J connectivity index is 1.16. The van der Waals surface area contributed by atoms with Crippen LogP contribution in [0, 0.1) is 17.3 Å². The fraction of sp³-hybridized carbons (Fsp3) is 0.526. The number of carbonyl (C=O) groups excluding carboxylic acids is 3. The first-order valence-corrected chi connectivity index (χ1v) is 20.0. The fourth-order valence-corrected chi connectivity index (χ4v) is 9.74. The Hall–Kier alpha value is -3.57. The van der Waals surface area contributed by atoms with Crippen molar-refractivity contribution >= 4 is 49.2 Å². The summed E-state index contributed by atoms with van der Waals surface area (Å²) in [5.74, 6) is -1.36. The largest absolute Gasteiger partial charge is 0.465 e. The second-order valence-corrected chi connectivity index (χ2v) is 17.9. The van der Waals surface area contributed by atoms with Gasteiger partial charge < -0.3 is 9.64 Å². The molecule has 0 spiro atoms. The number of aryl methyl sites for hydroxylation is 1. The number of nitrogens with one attached hydrogen (secondary N) is 1. The van der Waals surface area contributed by atoms with E-state index in [4.69, 9.17) is 4.74 Å². The number of allylic oxidation sites excluding steroid dienone is 2. The van der Waals surface area contributed by atoms with E-state index >= 15 is 0 Å². The van der Waals surface area contributed by atoms with Gasteiger partial charge in [0.15, 0.2) is 5.78 Å². The molecule has 2 aliphatic heterocycles. The molecule has 2 amide bonds. The Morgan fingerprint density at radius 1 is 1.06 bits per heavy atom. The third-order valence-electron chi connectivity index (χ3n) is 11.1. The number of aromatic nitrogens is 1. The zero-order chi connectivity index (χ0) is 34.2. The van der Waals surface area contributed by atoms with Crippen LogP contribution in [0.25, 0.3) is 10.2 Å². The SMILES string of the molecule is CC1(S(=O)(=O)NC(=O)[C@]23CC(=O)[C@@H]4C[C@@H](Oc5nc6ccccc6s5)CN4C(=O)[C@@H](CCc4ccccc4)CCCCC/C=C\[C@H]2C3)CC1. The molecule has 49 heavy (non-hydrogen) atoms. The van der Waals surface area contributed by atoms with E-state index in [1.165, 1.54) is 16.9 Å². The van der Waals surface area contributed by atoms with Crippen molar-refractivity contribution in [3.05, 3.63) is 72.3 Å². The van der Waals surface area contributed by atoms with Crippen LogP contribution < -0.4 is 9.46 Å². The molecule has 1 saturated heterocycles. The van der Waals surface area contributed by atoms with E-state index in [1.807, 2.05) is 48.5 Å². The van der Waals surface area contributed by atoms with Gasteiger partial charge in [0, 0.05) is 18.8 Å². The Kier molecular flexibility index (Phi) is 9.43. The van der Waals surface area contributed by atoms with Crippen molar-refractivity contribution in [2.45, 2.75) is 101 Å². The highest BCUT2D eigenvalue weighted by Crippen LogP contribution is 2.57. The fourth-order valence-electron chi connectivity index (χ4n) is 7.53. The van der Waals surface area contributed by atoms with E-state index in [2.05, 4.69) is 27.9 Å². The maximum absolute atomic E-state index is 14.5. The Labute approximate surface area is 292 Å². The molecule has 3 aromatic rings. The first-order valence-electron chi connectivity index (χ1n) is 17.7. The summed E-state index contributed by atoms with van der Waals surface area (Å²) in [7, 11) is -3.87. The van der Waals surface area contributed by atoms with Crippen molar-refractivity contribution in [1.82, 2.24) is 14.6 Å². The summed E-state index contributed by atoms with van der Waals surface area (Å²) in [5.41, 5.74) is 0.851. The predicted molar refractivity (Wildman–Crippen MR) is 189 cm³/mol. The summed E-state index contributed by atoms with van der Waals surface area (Å²) < 4.78 is 35.0. The second-order valence-electron chi connectivity index (χ2n) is 14.7. The van der Waals surface area contributed by atoms with Gasteiger partial charge in [0.2, 0.25) is 21.8 Å². The quantitative estimate of drug-likeness (QED) is 0.270. The first-order chi connectivity index (χ1) is 23.6. The number of ether oxygens (including phenoxy) is 1. The zero-order valence-electron chi connectivity index (χ0n) is 28.0. The van der Waals surface area contributed by atoms with Crippen molar-refractivity contribution in [3.8, 4) is 5.19 Å². The first kappa shape index (κ1) is 33.9. The van der Waals surface area contributed by atoms with Gasteiger partial charge in [0.25, 0.3) is 5.19 Å². The minimum atomic E-state index is -3.87. The predicted octanol–water partition coefficient (Wildman–Crippen LogP) is 6.38. The van der Waals surface area contributed by atoms with Crippen molar-refractivity contribution in [3.63, 3.8) is 0 Å². The number of rotatable bonds is 8. The average molecular weight is 704 g/mol. The van der Waals surface area contributed by atoms with Crippen LogP contribution in [0.5, 0.6) is 5.19 Å². The van der Waals surface area contributed by atoms with Gasteiger partial charge in [-0.3, -0.25) is 19.1 Å². The molecular formula is C38H45N3O6S2. The van der Waals surface area contributed by atoms with Crippen LogP contribution in [0.3, 0.4) is 0 Å². The van der Waals surface area contributed by atoms with Crippen LogP contribution >= 0.6 is 11.3 Å². The van der Waals surface area contributed by atoms with Crippen LogP contribution in [0.4, 0.5) is 0 Å². The minimum Gasteiger partial charge on any atom is -0.465 e. The number of para-hydroxylation sites is 1. The minimum absolute atomic E-state index is 0.0484. The third-order valence-corrected chi connectivity index (χ3v) is 14.2. The maximum atomic E-state index is 14.5. The molecule has 1 aromatic heterocycles. The highest BCUT2D eigenvalue weighted by atomic mass is 32.2.